The van der Waals surface area contributed by atoms with Gasteiger partial charge < -0.3 is 15.6 Å². The number of hydrogen-bond acceptors (Lipinski definition) is 3. The molecule has 15 heavy (non-hydrogen) atoms. The van der Waals surface area contributed by atoms with Crippen LogP contribution in [0.25, 0.3) is 0 Å². The van der Waals surface area contributed by atoms with E-state index < -0.39 is 0 Å². The van der Waals surface area contributed by atoms with Crippen molar-refractivity contribution in [2.24, 2.45) is 5.73 Å². The molecule has 0 radical (unpaired) electrons. The minimum atomic E-state index is -0.381. The van der Waals surface area contributed by atoms with Crippen molar-refractivity contribution in [1.29, 1.82) is 0 Å². The monoisotopic (exact) mass is 213 g/mol. The highest BCUT2D eigenvalue weighted by molar-refractivity contribution is 4.91. The Morgan fingerprint density at radius 2 is 2.00 bits per heavy atom. The number of hydrogen-bond donors (Lipinski definition) is 2. The van der Waals surface area contributed by atoms with Crippen LogP contribution >= 0.6 is 0 Å². The van der Waals surface area contributed by atoms with Crippen LogP contribution in [0.4, 0.5) is 0 Å². The van der Waals surface area contributed by atoms with E-state index in [0.717, 1.165) is 12.8 Å². The number of ether oxygens (including phenoxy) is 1. The van der Waals surface area contributed by atoms with Crippen LogP contribution in [-0.4, -0.2) is 29.5 Å². The van der Waals surface area contributed by atoms with Gasteiger partial charge in [-0.05, 0) is 25.7 Å². The van der Waals surface area contributed by atoms with Gasteiger partial charge in [-0.1, -0.05) is 19.3 Å². The van der Waals surface area contributed by atoms with Gasteiger partial charge in [0.2, 0.25) is 0 Å². The van der Waals surface area contributed by atoms with Gasteiger partial charge in [-0.2, -0.15) is 0 Å². The number of rotatable bonds is 3. The van der Waals surface area contributed by atoms with E-state index in [-0.39, 0.29) is 17.8 Å². The van der Waals surface area contributed by atoms with Crippen LogP contribution < -0.4 is 5.73 Å². The van der Waals surface area contributed by atoms with Crippen LogP contribution in [0.15, 0.2) is 0 Å². The van der Waals surface area contributed by atoms with Crippen LogP contribution in [0.3, 0.4) is 0 Å². The first-order chi connectivity index (χ1) is 7.24. The van der Waals surface area contributed by atoms with Crippen LogP contribution in [-0.2, 0) is 4.74 Å². The highest BCUT2D eigenvalue weighted by Gasteiger charge is 2.40. The van der Waals surface area contributed by atoms with Gasteiger partial charge in [-0.25, -0.2) is 0 Å². The largest absolute Gasteiger partial charge is 0.392 e. The summed E-state index contributed by atoms with van der Waals surface area (Å²) in [5, 5.41) is 9.50. The van der Waals surface area contributed by atoms with Gasteiger partial charge in [0, 0.05) is 13.0 Å². The molecule has 2 unspecified atom stereocenters. The molecule has 2 aliphatic rings. The summed E-state index contributed by atoms with van der Waals surface area (Å²) in [5.41, 5.74) is 5.59. The second-order valence-corrected chi connectivity index (χ2v) is 5.15. The van der Waals surface area contributed by atoms with Gasteiger partial charge in [-0.15, -0.1) is 0 Å². The van der Waals surface area contributed by atoms with Crippen molar-refractivity contribution in [3.05, 3.63) is 0 Å². The molecule has 0 amide bonds. The standard InChI is InChI=1S/C12H23NO2/c13-9-10(14)8-11-4-7-12(15-11)5-2-1-3-6-12/h10-11,14H,1-9,13H2. The highest BCUT2D eigenvalue weighted by Crippen LogP contribution is 2.42. The topological polar surface area (TPSA) is 55.5 Å². The van der Waals surface area contributed by atoms with E-state index in [9.17, 15) is 5.11 Å². The lowest BCUT2D eigenvalue weighted by Gasteiger charge is -2.33. The van der Waals surface area contributed by atoms with Crippen molar-refractivity contribution in [2.45, 2.75) is 69.2 Å². The van der Waals surface area contributed by atoms with Gasteiger partial charge in [-0.3, -0.25) is 0 Å². The summed E-state index contributed by atoms with van der Waals surface area (Å²) in [6.07, 6.45) is 9.32. The molecule has 1 heterocycles. The quantitative estimate of drug-likeness (QED) is 0.748. The summed E-state index contributed by atoms with van der Waals surface area (Å²) in [6, 6.07) is 0. The minimum absolute atomic E-state index is 0.178. The van der Waals surface area contributed by atoms with Gasteiger partial charge in [0.25, 0.3) is 0 Å². The molecule has 2 fully saturated rings. The summed E-state index contributed by atoms with van der Waals surface area (Å²) in [4.78, 5) is 0. The van der Waals surface area contributed by atoms with E-state index in [1.54, 1.807) is 0 Å². The zero-order valence-electron chi connectivity index (χ0n) is 9.45. The lowest BCUT2D eigenvalue weighted by atomic mass is 9.83. The van der Waals surface area contributed by atoms with Crippen molar-refractivity contribution in [3.8, 4) is 0 Å². The van der Waals surface area contributed by atoms with Crippen molar-refractivity contribution in [2.75, 3.05) is 6.54 Å². The first kappa shape index (κ1) is 11.4. The molecule has 2 atom stereocenters. The zero-order chi connectivity index (χ0) is 10.7. The highest BCUT2D eigenvalue weighted by atomic mass is 16.5. The lowest BCUT2D eigenvalue weighted by Crippen LogP contribution is -2.33. The summed E-state index contributed by atoms with van der Waals surface area (Å²) >= 11 is 0. The molecule has 3 N–H and O–H groups in total. The first-order valence-corrected chi connectivity index (χ1v) is 6.30. The summed E-state index contributed by atoms with van der Waals surface area (Å²) < 4.78 is 6.15. The van der Waals surface area contributed by atoms with Crippen LogP contribution in [0.1, 0.15) is 51.4 Å². The predicted octanol–water partition coefficient (Wildman–Crippen LogP) is 1.58. The second kappa shape index (κ2) is 4.81. The Balaban J connectivity index is 1.82. The maximum Gasteiger partial charge on any atom is 0.0687 e. The normalized spacial score (nSPS) is 32.0. The van der Waals surface area contributed by atoms with E-state index in [0.29, 0.717) is 6.54 Å². The maximum atomic E-state index is 9.50. The third kappa shape index (κ3) is 2.71. The van der Waals surface area contributed by atoms with E-state index in [1.165, 1.54) is 38.5 Å². The predicted molar refractivity (Wildman–Crippen MR) is 59.6 cm³/mol. The van der Waals surface area contributed by atoms with E-state index >= 15 is 0 Å². The van der Waals surface area contributed by atoms with Crippen molar-refractivity contribution >= 4 is 0 Å². The minimum Gasteiger partial charge on any atom is -0.392 e. The molecule has 3 heteroatoms. The molecular formula is C12H23NO2. The third-order valence-corrected chi connectivity index (χ3v) is 3.91. The van der Waals surface area contributed by atoms with Gasteiger partial charge >= 0.3 is 0 Å². The Bertz CT molecular complexity index is 202. The molecule has 0 aromatic carbocycles. The maximum absolute atomic E-state index is 9.50. The average molecular weight is 213 g/mol. The first-order valence-electron chi connectivity index (χ1n) is 6.30. The third-order valence-electron chi connectivity index (χ3n) is 3.91. The number of aliphatic hydroxyl groups is 1. The Morgan fingerprint density at radius 3 is 2.67 bits per heavy atom. The van der Waals surface area contributed by atoms with E-state index in [4.69, 9.17) is 10.5 Å². The SMILES string of the molecule is NCC(O)CC1CCC2(CCCCC2)O1. The summed E-state index contributed by atoms with van der Waals surface area (Å²) in [6.45, 7) is 0.354. The Morgan fingerprint density at radius 1 is 1.27 bits per heavy atom. The zero-order valence-corrected chi connectivity index (χ0v) is 9.45. The molecule has 88 valence electrons. The summed E-state index contributed by atoms with van der Waals surface area (Å²) in [7, 11) is 0. The lowest BCUT2D eigenvalue weighted by molar-refractivity contribution is -0.0747. The molecule has 1 saturated heterocycles. The fourth-order valence-electron chi connectivity index (χ4n) is 3.03. The molecular weight excluding hydrogens is 190 g/mol. The van der Waals surface area contributed by atoms with Gasteiger partial charge in [0.15, 0.2) is 0 Å². The van der Waals surface area contributed by atoms with Crippen molar-refractivity contribution < 1.29 is 9.84 Å². The Kier molecular flexibility index (Phi) is 3.65. The molecule has 3 nitrogen and oxygen atoms in total. The fraction of sp³-hybridized carbons (Fsp3) is 1.00. The Labute approximate surface area is 92.0 Å². The molecule has 1 aliphatic carbocycles. The smallest absolute Gasteiger partial charge is 0.0687 e. The fourth-order valence-corrected chi connectivity index (χ4v) is 3.03. The Hall–Kier alpha value is -0.120. The number of aliphatic hydroxyl groups excluding tert-OH is 1. The molecule has 1 aliphatic heterocycles. The van der Waals surface area contributed by atoms with Crippen molar-refractivity contribution in [1.82, 2.24) is 0 Å². The molecule has 0 aromatic rings. The molecule has 0 bridgehead atoms. The van der Waals surface area contributed by atoms with Crippen LogP contribution in [0, 0.1) is 0 Å². The van der Waals surface area contributed by atoms with Crippen LogP contribution in [0.5, 0.6) is 0 Å². The van der Waals surface area contributed by atoms with E-state index in [1.807, 2.05) is 0 Å². The molecule has 1 spiro atoms. The van der Waals surface area contributed by atoms with Crippen LogP contribution in [0.2, 0.25) is 0 Å². The molecule has 0 aromatic heterocycles. The second-order valence-electron chi connectivity index (χ2n) is 5.15. The van der Waals surface area contributed by atoms with Gasteiger partial charge in [0.1, 0.15) is 0 Å². The number of nitrogens with two attached hydrogens (primary N) is 1. The van der Waals surface area contributed by atoms with E-state index in [2.05, 4.69) is 0 Å². The summed E-state index contributed by atoms with van der Waals surface area (Å²) in [5.74, 6) is 0. The molecule has 2 rings (SSSR count). The van der Waals surface area contributed by atoms with Gasteiger partial charge in [0.05, 0.1) is 17.8 Å². The molecule has 1 saturated carbocycles. The average Bonchev–Trinajstić information content (AvgIpc) is 2.62. The van der Waals surface area contributed by atoms with Crippen molar-refractivity contribution in [3.63, 3.8) is 0 Å².